The molecule has 1 amide bonds. The van der Waals surface area contributed by atoms with E-state index in [1.165, 1.54) is 12.1 Å². The Morgan fingerprint density at radius 3 is 2.48 bits per heavy atom. The molecular weight excluding hydrogens is 323 g/mol. The minimum Gasteiger partial charge on any atom is -0.457 e. The first kappa shape index (κ1) is 17.4. The molecule has 3 rings (SSSR count). The van der Waals surface area contributed by atoms with E-state index in [4.69, 9.17) is 9.47 Å². The van der Waals surface area contributed by atoms with Crippen molar-refractivity contribution in [2.24, 2.45) is 0 Å². The highest BCUT2D eigenvalue weighted by Crippen LogP contribution is 2.21. The fourth-order valence-electron chi connectivity index (χ4n) is 2.54. The summed E-state index contributed by atoms with van der Waals surface area (Å²) in [4.78, 5) is 11.9. The maximum absolute atomic E-state index is 12.9. The molecule has 6 heteroatoms. The third kappa shape index (κ3) is 5.55. The van der Waals surface area contributed by atoms with Crippen LogP contribution in [0, 0.1) is 5.82 Å². The van der Waals surface area contributed by atoms with E-state index in [1.807, 2.05) is 24.3 Å². The quantitative estimate of drug-likeness (QED) is 0.846. The lowest BCUT2D eigenvalue weighted by atomic mass is 10.2. The van der Waals surface area contributed by atoms with E-state index in [9.17, 15) is 9.18 Å². The normalized spacial score (nSPS) is 17.1. The molecule has 1 fully saturated rings. The van der Waals surface area contributed by atoms with Crippen molar-refractivity contribution in [1.29, 1.82) is 0 Å². The minimum atomic E-state index is -0.298. The molecule has 5 nitrogen and oxygen atoms in total. The van der Waals surface area contributed by atoms with Crippen LogP contribution in [0.1, 0.15) is 12.0 Å². The molecule has 132 valence electrons. The van der Waals surface area contributed by atoms with Crippen molar-refractivity contribution >= 4 is 5.91 Å². The second kappa shape index (κ2) is 8.60. The Labute approximate surface area is 146 Å². The number of benzene rings is 2. The SMILES string of the molecule is O=C(C[C@@H]1CNCCO1)NCc1ccc(Oc2ccc(F)cc2)cc1. The Morgan fingerprint density at radius 1 is 1.16 bits per heavy atom. The highest BCUT2D eigenvalue weighted by molar-refractivity contribution is 5.76. The van der Waals surface area contributed by atoms with Gasteiger partial charge in [0, 0.05) is 19.6 Å². The van der Waals surface area contributed by atoms with Gasteiger partial charge in [-0.05, 0) is 42.0 Å². The zero-order valence-corrected chi connectivity index (χ0v) is 13.8. The monoisotopic (exact) mass is 344 g/mol. The van der Waals surface area contributed by atoms with Crippen LogP contribution in [0.25, 0.3) is 0 Å². The molecule has 0 aromatic heterocycles. The average Bonchev–Trinajstić information content (AvgIpc) is 2.64. The van der Waals surface area contributed by atoms with Crippen molar-refractivity contribution in [1.82, 2.24) is 10.6 Å². The van der Waals surface area contributed by atoms with Crippen LogP contribution in [-0.2, 0) is 16.1 Å². The number of amides is 1. The van der Waals surface area contributed by atoms with E-state index < -0.39 is 0 Å². The van der Waals surface area contributed by atoms with Gasteiger partial charge < -0.3 is 20.1 Å². The molecule has 0 saturated carbocycles. The summed E-state index contributed by atoms with van der Waals surface area (Å²) in [7, 11) is 0. The molecule has 1 atom stereocenters. The molecule has 25 heavy (non-hydrogen) atoms. The van der Waals surface area contributed by atoms with Gasteiger partial charge >= 0.3 is 0 Å². The Morgan fingerprint density at radius 2 is 1.84 bits per heavy atom. The Hall–Kier alpha value is -2.44. The van der Waals surface area contributed by atoms with Gasteiger partial charge in [-0.15, -0.1) is 0 Å². The zero-order valence-electron chi connectivity index (χ0n) is 13.8. The van der Waals surface area contributed by atoms with Crippen LogP contribution in [-0.4, -0.2) is 31.7 Å². The van der Waals surface area contributed by atoms with Crippen LogP contribution >= 0.6 is 0 Å². The lowest BCUT2D eigenvalue weighted by Gasteiger charge is -2.23. The van der Waals surface area contributed by atoms with Gasteiger partial charge in [-0.2, -0.15) is 0 Å². The predicted molar refractivity (Wildman–Crippen MR) is 92.0 cm³/mol. The van der Waals surface area contributed by atoms with Gasteiger partial charge in [0.2, 0.25) is 5.91 Å². The molecule has 2 aromatic carbocycles. The Kier molecular flexibility index (Phi) is 5.98. The van der Waals surface area contributed by atoms with Gasteiger partial charge in [0.1, 0.15) is 17.3 Å². The fourth-order valence-corrected chi connectivity index (χ4v) is 2.54. The maximum Gasteiger partial charge on any atom is 0.222 e. The van der Waals surface area contributed by atoms with Crippen molar-refractivity contribution in [2.45, 2.75) is 19.1 Å². The van der Waals surface area contributed by atoms with E-state index >= 15 is 0 Å². The van der Waals surface area contributed by atoms with E-state index in [0.29, 0.717) is 37.6 Å². The summed E-state index contributed by atoms with van der Waals surface area (Å²) in [6, 6.07) is 13.3. The van der Waals surface area contributed by atoms with Gasteiger partial charge in [-0.1, -0.05) is 12.1 Å². The third-order valence-electron chi connectivity index (χ3n) is 3.88. The van der Waals surface area contributed by atoms with Crippen molar-refractivity contribution in [3.05, 3.63) is 59.9 Å². The second-order valence-corrected chi connectivity index (χ2v) is 5.88. The van der Waals surface area contributed by atoms with E-state index in [0.717, 1.165) is 12.1 Å². The zero-order chi connectivity index (χ0) is 17.5. The molecule has 1 heterocycles. The molecule has 0 aliphatic carbocycles. The Bertz CT molecular complexity index is 683. The van der Waals surface area contributed by atoms with Crippen LogP contribution in [0.5, 0.6) is 11.5 Å². The van der Waals surface area contributed by atoms with Crippen molar-refractivity contribution < 1.29 is 18.7 Å². The predicted octanol–water partition coefficient (Wildman–Crippen LogP) is 2.61. The summed E-state index contributed by atoms with van der Waals surface area (Å²) < 4.78 is 24.0. The molecule has 2 N–H and O–H groups in total. The van der Waals surface area contributed by atoms with Crippen LogP contribution in [0.3, 0.4) is 0 Å². The number of rotatable bonds is 6. The van der Waals surface area contributed by atoms with Gasteiger partial charge in [0.15, 0.2) is 0 Å². The molecule has 0 bridgehead atoms. The summed E-state index contributed by atoms with van der Waals surface area (Å²) in [5, 5.41) is 6.10. The van der Waals surface area contributed by atoms with Crippen LogP contribution < -0.4 is 15.4 Å². The number of ether oxygens (including phenoxy) is 2. The topological polar surface area (TPSA) is 59.6 Å². The lowest BCUT2D eigenvalue weighted by molar-refractivity contribution is -0.124. The molecule has 1 saturated heterocycles. The summed E-state index contributed by atoms with van der Waals surface area (Å²) in [6.45, 7) is 2.65. The number of halogens is 1. The molecule has 1 aliphatic rings. The summed E-state index contributed by atoms with van der Waals surface area (Å²) in [6.07, 6.45) is 0.305. The van der Waals surface area contributed by atoms with Crippen LogP contribution in [0.15, 0.2) is 48.5 Å². The number of carbonyl (C=O) groups is 1. The molecule has 0 unspecified atom stereocenters. The molecule has 1 aliphatic heterocycles. The lowest BCUT2D eigenvalue weighted by Crippen LogP contribution is -2.41. The molecule has 0 spiro atoms. The maximum atomic E-state index is 12.9. The van der Waals surface area contributed by atoms with Gasteiger partial charge in [0.05, 0.1) is 19.1 Å². The molecule has 2 aromatic rings. The van der Waals surface area contributed by atoms with Crippen molar-refractivity contribution in [3.63, 3.8) is 0 Å². The number of hydrogen-bond donors (Lipinski definition) is 2. The molecule has 0 radical (unpaired) electrons. The third-order valence-corrected chi connectivity index (χ3v) is 3.88. The first-order valence-electron chi connectivity index (χ1n) is 8.30. The van der Waals surface area contributed by atoms with Gasteiger partial charge in [-0.3, -0.25) is 4.79 Å². The van der Waals surface area contributed by atoms with Crippen molar-refractivity contribution in [3.8, 4) is 11.5 Å². The minimum absolute atomic E-state index is 0.0275. The number of carbonyl (C=O) groups excluding carboxylic acids is 1. The van der Waals surface area contributed by atoms with E-state index in [-0.39, 0.29) is 17.8 Å². The fraction of sp³-hybridized carbons (Fsp3) is 0.316. The standard InChI is InChI=1S/C19H21FN2O3/c20-15-3-7-17(8-4-15)25-16-5-1-14(2-6-16)12-22-19(23)11-18-13-21-9-10-24-18/h1-8,18,21H,9-13H2,(H,22,23)/t18-/m1/s1. The van der Waals surface area contributed by atoms with E-state index in [1.54, 1.807) is 12.1 Å². The summed E-state index contributed by atoms with van der Waals surface area (Å²) >= 11 is 0. The molecular formula is C19H21FN2O3. The van der Waals surface area contributed by atoms with Gasteiger partial charge in [0.25, 0.3) is 0 Å². The van der Waals surface area contributed by atoms with Crippen LogP contribution in [0.2, 0.25) is 0 Å². The Balaban J connectivity index is 1.45. The average molecular weight is 344 g/mol. The summed E-state index contributed by atoms with van der Waals surface area (Å²) in [5.41, 5.74) is 0.975. The van der Waals surface area contributed by atoms with Crippen molar-refractivity contribution in [2.75, 3.05) is 19.7 Å². The number of hydrogen-bond acceptors (Lipinski definition) is 4. The van der Waals surface area contributed by atoms with Crippen LogP contribution in [0.4, 0.5) is 4.39 Å². The van der Waals surface area contributed by atoms with Gasteiger partial charge in [-0.25, -0.2) is 4.39 Å². The summed E-state index contributed by atoms with van der Waals surface area (Å²) in [5.74, 6) is 0.903. The highest BCUT2D eigenvalue weighted by atomic mass is 19.1. The van der Waals surface area contributed by atoms with E-state index in [2.05, 4.69) is 10.6 Å². The second-order valence-electron chi connectivity index (χ2n) is 5.88. The smallest absolute Gasteiger partial charge is 0.222 e. The highest BCUT2D eigenvalue weighted by Gasteiger charge is 2.16. The first-order valence-corrected chi connectivity index (χ1v) is 8.30. The number of nitrogens with one attached hydrogen (secondary N) is 2. The first-order chi connectivity index (χ1) is 12.2. The largest absolute Gasteiger partial charge is 0.457 e. The number of morpholine rings is 1.